The fourth-order valence-corrected chi connectivity index (χ4v) is 2.41. The summed E-state index contributed by atoms with van der Waals surface area (Å²) in [6, 6.07) is 0.367. The first-order chi connectivity index (χ1) is 8.83. The van der Waals surface area contributed by atoms with E-state index in [1.54, 1.807) is 4.90 Å². The fraction of sp³-hybridized carbons (Fsp3) is 0.923. The topological polar surface area (TPSA) is 32.3 Å². The molecule has 1 fully saturated rings. The highest BCUT2D eigenvalue weighted by Gasteiger charge is 2.32. The van der Waals surface area contributed by atoms with Gasteiger partial charge in [-0.2, -0.15) is 13.2 Å². The van der Waals surface area contributed by atoms with Crippen molar-refractivity contribution in [2.24, 2.45) is 5.92 Å². The molecule has 0 aromatic rings. The normalized spacial score (nSPS) is 24.6. The lowest BCUT2D eigenvalue weighted by molar-refractivity contribution is -0.150. The van der Waals surface area contributed by atoms with Crippen molar-refractivity contribution >= 4 is 5.91 Å². The first-order valence-electron chi connectivity index (χ1n) is 6.91. The van der Waals surface area contributed by atoms with E-state index in [0.29, 0.717) is 19.1 Å². The van der Waals surface area contributed by atoms with E-state index < -0.39 is 19.0 Å². The summed E-state index contributed by atoms with van der Waals surface area (Å²) in [5.41, 5.74) is 0. The number of rotatable bonds is 5. The molecule has 1 saturated heterocycles. The molecule has 3 nitrogen and oxygen atoms in total. The van der Waals surface area contributed by atoms with Gasteiger partial charge in [-0.3, -0.25) is 4.79 Å². The van der Waals surface area contributed by atoms with Gasteiger partial charge in [0.05, 0.1) is 6.42 Å². The van der Waals surface area contributed by atoms with Gasteiger partial charge < -0.3 is 10.2 Å². The maximum Gasteiger partial charge on any atom is 0.389 e. The Morgan fingerprint density at radius 2 is 2.11 bits per heavy atom. The van der Waals surface area contributed by atoms with E-state index in [-0.39, 0.29) is 11.8 Å². The molecular weight excluding hydrogens is 257 g/mol. The van der Waals surface area contributed by atoms with Gasteiger partial charge in [-0.15, -0.1) is 0 Å². The quantitative estimate of drug-likeness (QED) is 0.839. The van der Waals surface area contributed by atoms with Crippen LogP contribution in [0.25, 0.3) is 0 Å². The number of alkyl halides is 3. The van der Waals surface area contributed by atoms with Gasteiger partial charge >= 0.3 is 6.18 Å². The number of likely N-dealkylation sites (tertiary alicyclic amines) is 1. The molecule has 2 atom stereocenters. The average Bonchev–Trinajstić information content (AvgIpc) is 2.33. The zero-order valence-electron chi connectivity index (χ0n) is 11.6. The lowest BCUT2D eigenvalue weighted by Gasteiger charge is -2.37. The Labute approximate surface area is 112 Å². The van der Waals surface area contributed by atoms with Gasteiger partial charge in [0, 0.05) is 25.6 Å². The van der Waals surface area contributed by atoms with Crippen LogP contribution in [0.15, 0.2) is 0 Å². The van der Waals surface area contributed by atoms with E-state index in [0.717, 1.165) is 19.4 Å². The maximum atomic E-state index is 12.1. The van der Waals surface area contributed by atoms with Gasteiger partial charge in [0.25, 0.3) is 0 Å². The summed E-state index contributed by atoms with van der Waals surface area (Å²) in [6.07, 6.45) is -3.82. The molecule has 2 unspecified atom stereocenters. The van der Waals surface area contributed by atoms with E-state index in [2.05, 4.69) is 12.2 Å². The number of piperidine rings is 1. The second-order valence-electron chi connectivity index (χ2n) is 5.28. The number of carbonyl (C=O) groups is 1. The summed E-state index contributed by atoms with van der Waals surface area (Å²) < 4.78 is 36.2. The van der Waals surface area contributed by atoms with E-state index in [4.69, 9.17) is 0 Å². The third kappa shape index (κ3) is 5.80. The van der Waals surface area contributed by atoms with Crippen molar-refractivity contribution in [1.29, 1.82) is 0 Å². The maximum absolute atomic E-state index is 12.1. The predicted octanol–water partition coefficient (Wildman–Crippen LogP) is 2.57. The van der Waals surface area contributed by atoms with Crippen LogP contribution in [0.2, 0.25) is 0 Å². The van der Waals surface area contributed by atoms with Gasteiger partial charge in [-0.1, -0.05) is 13.8 Å². The van der Waals surface area contributed by atoms with Crippen LogP contribution in [-0.4, -0.2) is 42.7 Å². The highest BCUT2D eigenvalue weighted by Crippen LogP contribution is 2.23. The molecule has 1 heterocycles. The molecule has 0 bridgehead atoms. The van der Waals surface area contributed by atoms with Crippen LogP contribution in [-0.2, 0) is 4.79 Å². The summed E-state index contributed by atoms with van der Waals surface area (Å²) in [5.74, 6) is -0.0896. The molecule has 0 aromatic heterocycles. The standard InChI is InChI=1S/C13H23F3N2O/c1-3-7-17-11-5-8-18(9-10(11)2)12(19)4-6-13(14,15)16/h10-11,17H,3-9H2,1-2H3. The summed E-state index contributed by atoms with van der Waals surface area (Å²) in [5, 5.41) is 3.42. The Hall–Kier alpha value is -0.780. The zero-order chi connectivity index (χ0) is 14.5. The van der Waals surface area contributed by atoms with Gasteiger partial charge in [-0.25, -0.2) is 0 Å². The molecule has 19 heavy (non-hydrogen) atoms. The van der Waals surface area contributed by atoms with Crippen molar-refractivity contribution in [2.75, 3.05) is 19.6 Å². The monoisotopic (exact) mass is 280 g/mol. The van der Waals surface area contributed by atoms with E-state index >= 15 is 0 Å². The number of halogens is 3. The molecule has 1 N–H and O–H groups in total. The van der Waals surface area contributed by atoms with Crippen molar-refractivity contribution in [2.45, 2.75) is 51.7 Å². The van der Waals surface area contributed by atoms with Crippen molar-refractivity contribution < 1.29 is 18.0 Å². The van der Waals surface area contributed by atoms with Crippen molar-refractivity contribution in [3.63, 3.8) is 0 Å². The van der Waals surface area contributed by atoms with Crippen molar-refractivity contribution in [3.8, 4) is 0 Å². The van der Waals surface area contributed by atoms with Crippen molar-refractivity contribution in [1.82, 2.24) is 10.2 Å². The second kappa shape index (κ2) is 7.12. The number of hydrogen-bond donors (Lipinski definition) is 1. The predicted molar refractivity (Wildman–Crippen MR) is 67.7 cm³/mol. The first-order valence-corrected chi connectivity index (χ1v) is 6.91. The number of hydrogen-bond acceptors (Lipinski definition) is 2. The Bertz CT molecular complexity index is 294. The van der Waals surface area contributed by atoms with Gasteiger partial charge in [0.2, 0.25) is 5.91 Å². The number of nitrogens with zero attached hydrogens (tertiary/aromatic N) is 1. The smallest absolute Gasteiger partial charge is 0.342 e. The lowest BCUT2D eigenvalue weighted by atomic mass is 9.93. The highest BCUT2D eigenvalue weighted by molar-refractivity contribution is 5.76. The Kier molecular flexibility index (Phi) is 6.10. The first kappa shape index (κ1) is 16.3. The minimum absolute atomic E-state index is 0.287. The van der Waals surface area contributed by atoms with E-state index in [9.17, 15) is 18.0 Å². The molecule has 0 saturated carbocycles. The third-order valence-corrected chi connectivity index (χ3v) is 3.54. The van der Waals surface area contributed by atoms with Crippen LogP contribution >= 0.6 is 0 Å². The summed E-state index contributed by atoms with van der Waals surface area (Å²) in [7, 11) is 0. The third-order valence-electron chi connectivity index (χ3n) is 3.54. The molecule has 1 aliphatic heterocycles. The molecule has 6 heteroatoms. The highest BCUT2D eigenvalue weighted by atomic mass is 19.4. The molecule has 1 amide bonds. The van der Waals surface area contributed by atoms with Crippen LogP contribution in [0.3, 0.4) is 0 Å². The van der Waals surface area contributed by atoms with E-state index in [1.807, 2.05) is 6.92 Å². The van der Waals surface area contributed by atoms with Crippen LogP contribution in [0.4, 0.5) is 13.2 Å². The molecule has 0 aliphatic carbocycles. The van der Waals surface area contributed by atoms with Gasteiger partial charge in [-0.05, 0) is 25.3 Å². The lowest BCUT2D eigenvalue weighted by Crippen LogP contribution is -2.50. The van der Waals surface area contributed by atoms with E-state index in [1.165, 1.54) is 0 Å². The van der Waals surface area contributed by atoms with Crippen LogP contribution in [0, 0.1) is 5.92 Å². The summed E-state index contributed by atoms with van der Waals surface area (Å²) >= 11 is 0. The molecule has 0 radical (unpaired) electrons. The second-order valence-corrected chi connectivity index (χ2v) is 5.28. The molecule has 112 valence electrons. The van der Waals surface area contributed by atoms with Gasteiger partial charge in [0.15, 0.2) is 0 Å². The van der Waals surface area contributed by atoms with Crippen molar-refractivity contribution in [3.05, 3.63) is 0 Å². The summed E-state index contributed by atoms with van der Waals surface area (Å²) in [6.45, 7) is 6.18. The molecular formula is C13H23F3N2O. The minimum atomic E-state index is -4.25. The zero-order valence-corrected chi connectivity index (χ0v) is 11.6. The molecule has 0 aromatic carbocycles. The Balaban J connectivity index is 2.36. The van der Waals surface area contributed by atoms with Crippen LogP contribution in [0.1, 0.15) is 39.5 Å². The average molecular weight is 280 g/mol. The minimum Gasteiger partial charge on any atom is -0.342 e. The Morgan fingerprint density at radius 3 is 2.63 bits per heavy atom. The Morgan fingerprint density at radius 1 is 1.42 bits per heavy atom. The number of nitrogens with one attached hydrogen (secondary N) is 1. The van der Waals surface area contributed by atoms with Gasteiger partial charge in [0.1, 0.15) is 0 Å². The SMILES string of the molecule is CCCNC1CCN(C(=O)CCC(F)(F)F)CC1C. The number of carbonyl (C=O) groups excluding carboxylic acids is 1. The van der Waals surface area contributed by atoms with Crippen LogP contribution < -0.4 is 5.32 Å². The van der Waals surface area contributed by atoms with Crippen LogP contribution in [0.5, 0.6) is 0 Å². The fourth-order valence-electron chi connectivity index (χ4n) is 2.41. The molecule has 1 rings (SSSR count). The molecule has 1 aliphatic rings. The number of amides is 1. The largest absolute Gasteiger partial charge is 0.389 e. The molecule has 0 spiro atoms. The summed E-state index contributed by atoms with van der Waals surface area (Å²) in [4.78, 5) is 13.3.